The van der Waals surface area contributed by atoms with Crippen molar-refractivity contribution in [3.63, 3.8) is 0 Å². The zero-order chi connectivity index (χ0) is 12.5. The first kappa shape index (κ1) is 12.0. The van der Waals surface area contributed by atoms with Crippen LogP contribution in [0.4, 0.5) is 5.69 Å². The Morgan fingerprint density at radius 1 is 1.33 bits per heavy atom. The van der Waals surface area contributed by atoms with Crippen LogP contribution in [0.3, 0.4) is 0 Å². The molecule has 2 aliphatic rings. The highest BCUT2D eigenvalue weighted by atomic mass is 15.2. The van der Waals surface area contributed by atoms with E-state index in [1.54, 1.807) is 5.56 Å². The van der Waals surface area contributed by atoms with Crippen LogP contribution in [-0.2, 0) is 12.8 Å². The van der Waals surface area contributed by atoms with E-state index in [9.17, 15) is 0 Å². The van der Waals surface area contributed by atoms with Gasteiger partial charge < -0.3 is 10.6 Å². The third-order valence-electron chi connectivity index (χ3n) is 4.42. The van der Waals surface area contributed by atoms with Crippen LogP contribution >= 0.6 is 0 Å². The molecule has 3 rings (SSSR count). The maximum Gasteiger partial charge on any atom is 0.0435 e. The summed E-state index contributed by atoms with van der Waals surface area (Å²) in [6.07, 6.45) is 7.81. The molecule has 98 valence electrons. The van der Waals surface area contributed by atoms with Gasteiger partial charge in [0.15, 0.2) is 0 Å². The lowest BCUT2D eigenvalue weighted by atomic mass is 10.0. The Morgan fingerprint density at radius 2 is 2.11 bits per heavy atom. The highest BCUT2D eigenvalue weighted by Gasteiger charge is 2.29. The largest absolute Gasteiger partial charge is 0.368 e. The van der Waals surface area contributed by atoms with Gasteiger partial charge in [0.25, 0.3) is 0 Å². The number of hydrogen-bond acceptors (Lipinski definition) is 2. The summed E-state index contributed by atoms with van der Waals surface area (Å²) >= 11 is 0. The molecule has 0 radical (unpaired) electrons. The summed E-state index contributed by atoms with van der Waals surface area (Å²) in [5.74, 6) is 0. The van der Waals surface area contributed by atoms with Crippen molar-refractivity contribution in [2.24, 2.45) is 5.73 Å². The van der Waals surface area contributed by atoms with E-state index in [-0.39, 0.29) is 6.04 Å². The molecule has 1 aliphatic heterocycles. The number of rotatable bonds is 3. The molecular weight excluding hydrogens is 220 g/mol. The molecule has 0 amide bonds. The van der Waals surface area contributed by atoms with E-state index in [1.165, 1.54) is 49.9 Å². The highest BCUT2D eigenvalue weighted by molar-refractivity contribution is 5.64. The topological polar surface area (TPSA) is 29.3 Å². The number of nitrogens with zero attached hydrogens (tertiary/aromatic N) is 1. The molecule has 2 N–H and O–H groups in total. The van der Waals surface area contributed by atoms with Crippen LogP contribution in [0.5, 0.6) is 0 Å². The molecule has 0 saturated heterocycles. The number of para-hydroxylation sites is 1. The average molecular weight is 244 g/mol. The Labute approximate surface area is 110 Å². The van der Waals surface area contributed by atoms with Gasteiger partial charge in [0.1, 0.15) is 0 Å². The zero-order valence-electron chi connectivity index (χ0n) is 11.4. The van der Waals surface area contributed by atoms with Crippen molar-refractivity contribution in [2.75, 3.05) is 11.4 Å². The average Bonchev–Trinajstić information content (AvgIpc) is 2.96. The summed E-state index contributed by atoms with van der Waals surface area (Å²) in [5.41, 5.74) is 10.5. The van der Waals surface area contributed by atoms with Crippen molar-refractivity contribution < 1.29 is 0 Å². The molecule has 2 heteroatoms. The van der Waals surface area contributed by atoms with Gasteiger partial charge in [0, 0.05) is 24.3 Å². The number of hydrogen-bond donors (Lipinski definition) is 1. The minimum atomic E-state index is 0.252. The Morgan fingerprint density at radius 3 is 2.83 bits per heavy atom. The van der Waals surface area contributed by atoms with Crippen molar-refractivity contribution in [1.82, 2.24) is 0 Å². The quantitative estimate of drug-likeness (QED) is 0.886. The SMILES string of the molecule is CC(N)Cc1cccc2c1N(C1CCCC1)CC2. The number of anilines is 1. The standard InChI is InChI=1S/C16H24N2/c1-12(17)11-14-6-4-5-13-9-10-18(16(13)14)15-7-2-3-8-15/h4-6,12,15H,2-3,7-11,17H2,1H3. The highest BCUT2D eigenvalue weighted by Crippen LogP contribution is 2.37. The molecule has 1 aromatic carbocycles. The Bertz CT molecular complexity index is 419. The smallest absolute Gasteiger partial charge is 0.0435 e. The molecule has 1 saturated carbocycles. The molecule has 1 unspecified atom stereocenters. The van der Waals surface area contributed by atoms with Gasteiger partial charge in [-0.05, 0) is 43.7 Å². The zero-order valence-corrected chi connectivity index (χ0v) is 11.4. The van der Waals surface area contributed by atoms with E-state index in [2.05, 4.69) is 30.0 Å². The molecule has 2 nitrogen and oxygen atoms in total. The summed E-state index contributed by atoms with van der Waals surface area (Å²) in [7, 11) is 0. The first-order chi connectivity index (χ1) is 8.75. The maximum absolute atomic E-state index is 6.00. The fourth-order valence-corrected chi connectivity index (χ4v) is 3.66. The Hall–Kier alpha value is -1.02. The fraction of sp³-hybridized carbons (Fsp3) is 0.625. The first-order valence-electron chi connectivity index (χ1n) is 7.38. The van der Waals surface area contributed by atoms with E-state index >= 15 is 0 Å². The van der Waals surface area contributed by atoms with Crippen molar-refractivity contribution in [2.45, 2.75) is 57.5 Å². The summed E-state index contributed by atoms with van der Waals surface area (Å²) in [6, 6.07) is 7.82. The van der Waals surface area contributed by atoms with Crippen LogP contribution in [0.2, 0.25) is 0 Å². The lowest BCUT2D eigenvalue weighted by Gasteiger charge is -2.29. The van der Waals surface area contributed by atoms with Gasteiger partial charge in [0.2, 0.25) is 0 Å². The monoisotopic (exact) mass is 244 g/mol. The number of benzene rings is 1. The summed E-state index contributed by atoms with van der Waals surface area (Å²) in [6.45, 7) is 3.32. The van der Waals surface area contributed by atoms with E-state index in [4.69, 9.17) is 5.73 Å². The molecule has 18 heavy (non-hydrogen) atoms. The van der Waals surface area contributed by atoms with Crippen LogP contribution < -0.4 is 10.6 Å². The van der Waals surface area contributed by atoms with Gasteiger partial charge >= 0.3 is 0 Å². The molecule has 1 aromatic rings. The Kier molecular flexibility index (Phi) is 3.29. The number of fused-ring (bicyclic) bond motifs is 1. The lowest BCUT2D eigenvalue weighted by molar-refractivity contribution is 0.621. The van der Waals surface area contributed by atoms with Gasteiger partial charge in [-0.25, -0.2) is 0 Å². The molecule has 0 aromatic heterocycles. The molecular formula is C16H24N2. The molecule has 1 aliphatic carbocycles. The van der Waals surface area contributed by atoms with E-state index in [0.717, 1.165) is 12.5 Å². The maximum atomic E-state index is 6.00. The van der Waals surface area contributed by atoms with Gasteiger partial charge in [-0.15, -0.1) is 0 Å². The third kappa shape index (κ3) is 2.14. The minimum absolute atomic E-state index is 0.252. The lowest BCUT2D eigenvalue weighted by Crippen LogP contribution is -2.32. The summed E-state index contributed by atoms with van der Waals surface area (Å²) in [4.78, 5) is 2.68. The van der Waals surface area contributed by atoms with Gasteiger partial charge in [-0.1, -0.05) is 31.0 Å². The van der Waals surface area contributed by atoms with Crippen molar-refractivity contribution >= 4 is 5.69 Å². The second-order valence-electron chi connectivity index (χ2n) is 5.99. The van der Waals surface area contributed by atoms with Crippen molar-refractivity contribution in [3.05, 3.63) is 29.3 Å². The molecule has 1 fully saturated rings. The van der Waals surface area contributed by atoms with E-state index < -0.39 is 0 Å². The van der Waals surface area contributed by atoms with Crippen LogP contribution in [0, 0.1) is 0 Å². The van der Waals surface area contributed by atoms with Crippen LogP contribution in [-0.4, -0.2) is 18.6 Å². The normalized spacial score (nSPS) is 21.3. The molecule has 1 atom stereocenters. The van der Waals surface area contributed by atoms with Crippen LogP contribution in [0.15, 0.2) is 18.2 Å². The minimum Gasteiger partial charge on any atom is -0.368 e. The van der Waals surface area contributed by atoms with E-state index in [1.807, 2.05) is 0 Å². The summed E-state index contributed by atoms with van der Waals surface area (Å²) < 4.78 is 0. The second kappa shape index (κ2) is 4.93. The molecule has 0 bridgehead atoms. The van der Waals surface area contributed by atoms with Crippen LogP contribution in [0.1, 0.15) is 43.7 Å². The van der Waals surface area contributed by atoms with Crippen molar-refractivity contribution in [1.29, 1.82) is 0 Å². The number of nitrogens with two attached hydrogens (primary N) is 1. The summed E-state index contributed by atoms with van der Waals surface area (Å²) in [5, 5.41) is 0. The fourth-order valence-electron chi connectivity index (χ4n) is 3.66. The van der Waals surface area contributed by atoms with Crippen molar-refractivity contribution in [3.8, 4) is 0 Å². The second-order valence-corrected chi connectivity index (χ2v) is 5.99. The Balaban J connectivity index is 1.92. The van der Waals surface area contributed by atoms with Crippen LogP contribution in [0.25, 0.3) is 0 Å². The van der Waals surface area contributed by atoms with Gasteiger partial charge in [-0.3, -0.25) is 0 Å². The molecule has 0 spiro atoms. The predicted octanol–water partition coefficient (Wildman–Crippen LogP) is 2.88. The molecule has 1 heterocycles. The van der Waals surface area contributed by atoms with Gasteiger partial charge in [0.05, 0.1) is 0 Å². The predicted molar refractivity (Wildman–Crippen MR) is 77.1 cm³/mol. The van der Waals surface area contributed by atoms with Gasteiger partial charge in [-0.2, -0.15) is 0 Å². The van der Waals surface area contributed by atoms with E-state index in [0.29, 0.717) is 0 Å². The first-order valence-corrected chi connectivity index (χ1v) is 7.38. The third-order valence-corrected chi connectivity index (χ3v) is 4.42.